The van der Waals surface area contributed by atoms with Crippen molar-refractivity contribution in [3.63, 3.8) is 0 Å². The highest BCUT2D eigenvalue weighted by atomic mass is 16.3. The lowest BCUT2D eigenvalue weighted by Crippen LogP contribution is -2.35. The van der Waals surface area contributed by atoms with Crippen molar-refractivity contribution >= 4 is 18.2 Å². The normalized spacial score (nSPS) is 30.7. The minimum atomic E-state index is -1.06. The molecular weight excluding hydrogens is 262 g/mol. The number of aliphatic hydroxyl groups excluding tert-OH is 3. The van der Waals surface area contributed by atoms with Gasteiger partial charge < -0.3 is 31.4 Å². The summed E-state index contributed by atoms with van der Waals surface area (Å²) in [5.74, 6) is 0.269. The van der Waals surface area contributed by atoms with Crippen molar-refractivity contribution in [2.24, 2.45) is 15.7 Å². The van der Waals surface area contributed by atoms with Crippen molar-refractivity contribution < 1.29 is 15.3 Å². The third kappa shape index (κ3) is 2.22. The highest BCUT2D eigenvalue weighted by Gasteiger charge is 2.42. The first kappa shape index (κ1) is 14.7. The smallest absolute Gasteiger partial charge is 0.144 e. The molecule has 2 heterocycles. The lowest BCUT2D eigenvalue weighted by molar-refractivity contribution is 0.0195. The van der Waals surface area contributed by atoms with Gasteiger partial charge in [-0.25, -0.2) is 0 Å². The molecular formula is C12H19N5O3. The van der Waals surface area contributed by atoms with Crippen LogP contribution in [0.25, 0.3) is 0 Å². The standard InChI is InChI=1S/C12H19N5O3/c1-14-7-5(3-16-9(7)12(13)15-2)8-11(20)10(19)6(4-18)17-8/h3,6,8,10-11,16-20H,1,4H2,2H3,(H2,13,15)/t6-,8+,10-,11+/m1/s1. The molecule has 0 spiro atoms. The molecule has 20 heavy (non-hydrogen) atoms. The number of aromatic amines is 1. The van der Waals surface area contributed by atoms with E-state index >= 15 is 0 Å². The van der Waals surface area contributed by atoms with E-state index in [2.05, 4.69) is 27.0 Å². The number of nitrogens with zero attached hydrogens (tertiary/aromatic N) is 2. The quantitative estimate of drug-likeness (QED) is 0.292. The van der Waals surface area contributed by atoms with Crippen molar-refractivity contribution in [1.82, 2.24) is 10.3 Å². The summed E-state index contributed by atoms with van der Waals surface area (Å²) in [5, 5.41) is 32.0. The van der Waals surface area contributed by atoms with E-state index in [-0.39, 0.29) is 12.4 Å². The van der Waals surface area contributed by atoms with Crippen LogP contribution in [0.1, 0.15) is 17.3 Å². The molecule has 0 radical (unpaired) electrons. The third-order valence-corrected chi connectivity index (χ3v) is 3.57. The summed E-state index contributed by atoms with van der Waals surface area (Å²) in [5.41, 5.74) is 7.35. The molecule has 4 atom stereocenters. The molecule has 0 saturated carbocycles. The molecule has 7 N–H and O–H groups in total. The molecule has 1 aromatic rings. The molecule has 1 aliphatic heterocycles. The highest BCUT2D eigenvalue weighted by Crippen LogP contribution is 2.35. The SMILES string of the molecule is C=Nc1c([C@@H]2N[C@H](CO)[C@@H](O)[C@H]2O)c[nH]c1C(N)=NC. The molecule has 1 fully saturated rings. The van der Waals surface area contributed by atoms with Crippen LogP contribution in [0.3, 0.4) is 0 Å². The van der Waals surface area contributed by atoms with Crippen molar-refractivity contribution in [2.75, 3.05) is 13.7 Å². The van der Waals surface area contributed by atoms with Crippen LogP contribution < -0.4 is 11.1 Å². The molecule has 2 rings (SSSR count). The number of aliphatic imine (C=N–C) groups is 2. The zero-order valence-electron chi connectivity index (χ0n) is 11.1. The summed E-state index contributed by atoms with van der Waals surface area (Å²) in [6, 6.07) is -1.17. The van der Waals surface area contributed by atoms with Crippen LogP contribution in [0, 0.1) is 0 Å². The number of nitrogens with one attached hydrogen (secondary N) is 2. The summed E-state index contributed by atoms with van der Waals surface area (Å²) in [6.45, 7) is 3.22. The second-order valence-electron chi connectivity index (χ2n) is 4.65. The Morgan fingerprint density at radius 2 is 2.15 bits per heavy atom. The fraction of sp³-hybridized carbons (Fsp3) is 0.500. The molecule has 0 amide bonds. The van der Waals surface area contributed by atoms with Gasteiger partial charge in [0.2, 0.25) is 0 Å². The molecule has 0 bridgehead atoms. The van der Waals surface area contributed by atoms with E-state index in [1.54, 1.807) is 13.2 Å². The van der Waals surface area contributed by atoms with Gasteiger partial charge in [-0.15, -0.1) is 0 Å². The Bertz CT molecular complexity index is 527. The first-order valence-electron chi connectivity index (χ1n) is 6.18. The number of amidine groups is 1. The van der Waals surface area contributed by atoms with Crippen LogP contribution in [-0.4, -0.2) is 64.8 Å². The zero-order chi connectivity index (χ0) is 14.9. The first-order valence-corrected chi connectivity index (χ1v) is 6.18. The summed E-state index contributed by atoms with van der Waals surface area (Å²) in [4.78, 5) is 10.7. The lowest BCUT2D eigenvalue weighted by atomic mass is 10.0. The zero-order valence-corrected chi connectivity index (χ0v) is 11.1. The fourth-order valence-electron chi connectivity index (χ4n) is 2.44. The maximum absolute atomic E-state index is 10.1. The molecule has 110 valence electrons. The molecule has 1 aliphatic rings. The van der Waals surface area contributed by atoms with Gasteiger partial charge in [-0.05, 0) is 6.72 Å². The topological polar surface area (TPSA) is 139 Å². The molecule has 1 saturated heterocycles. The van der Waals surface area contributed by atoms with Crippen molar-refractivity contribution in [1.29, 1.82) is 0 Å². The van der Waals surface area contributed by atoms with Crippen LogP contribution in [0.4, 0.5) is 5.69 Å². The van der Waals surface area contributed by atoms with Crippen molar-refractivity contribution in [2.45, 2.75) is 24.3 Å². The first-order chi connectivity index (χ1) is 9.54. The lowest BCUT2D eigenvalue weighted by Gasteiger charge is -2.15. The van der Waals surface area contributed by atoms with Gasteiger partial charge >= 0.3 is 0 Å². The van der Waals surface area contributed by atoms with Gasteiger partial charge in [-0.3, -0.25) is 9.98 Å². The fourth-order valence-corrected chi connectivity index (χ4v) is 2.44. The van der Waals surface area contributed by atoms with E-state index in [0.29, 0.717) is 16.9 Å². The van der Waals surface area contributed by atoms with Crippen LogP contribution >= 0.6 is 0 Å². The average molecular weight is 281 g/mol. The van der Waals surface area contributed by atoms with Gasteiger partial charge in [0.25, 0.3) is 0 Å². The predicted molar refractivity (Wildman–Crippen MR) is 75.4 cm³/mol. The summed E-state index contributed by atoms with van der Waals surface area (Å²) in [6.07, 6.45) is -0.487. The van der Waals surface area contributed by atoms with Gasteiger partial charge in [0.15, 0.2) is 0 Å². The molecule has 0 unspecified atom stereocenters. The maximum atomic E-state index is 10.1. The number of hydrogen-bond acceptors (Lipinski definition) is 6. The van der Waals surface area contributed by atoms with Crippen LogP contribution in [0.15, 0.2) is 16.2 Å². The number of aliphatic hydroxyl groups is 3. The molecule has 0 aliphatic carbocycles. The maximum Gasteiger partial charge on any atom is 0.144 e. The van der Waals surface area contributed by atoms with Crippen LogP contribution in [0.2, 0.25) is 0 Å². The number of rotatable bonds is 4. The van der Waals surface area contributed by atoms with Gasteiger partial charge in [0.05, 0.1) is 30.5 Å². The van der Waals surface area contributed by atoms with E-state index in [0.717, 1.165) is 0 Å². The highest BCUT2D eigenvalue weighted by molar-refractivity contribution is 6.01. The van der Waals surface area contributed by atoms with Gasteiger partial charge in [-0.1, -0.05) is 0 Å². The number of aromatic nitrogens is 1. The molecule has 8 heteroatoms. The van der Waals surface area contributed by atoms with E-state index in [9.17, 15) is 10.2 Å². The Kier molecular flexibility index (Phi) is 4.19. The van der Waals surface area contributed by atoms with Gasteiger partial charge in [0, 0.05) is 18.8 Å². The van der Waals surface area contributed by atoms with Gasteiger partial charge in [-0.2, -0.15) is 0 Å². The van der Waals surface area contributed by atoms with Crippen LogP contribution in [0.5, 0.6) is 0 Å². The van der Waals surface area contributed by atoms with E-state index in [1.807, 2.05) is 0 Å². The van der Waals surface area contributed by atoms with Crippen LogP contribution in [-0.2, 0) is 0 Å². The van der Waals surface area contributed by atoms with E-state index < -0.39 is 24.3 Å². The Morgan fingerprint density at radius 1 is 1.45 bits per heavy atom. The summed E-state index contributed by atoms with van der Waals surface area (Å²) >= 11 is 0. The van der Waals surface area contributed by atoms with Crippen molar-refractivity contribution in [3.8, 4) is 0 Å². The predicted octanol–water partition coefficient (Wildman–Crippen LogP) is -1.59. The van der Waals surface area contributed by atoms with E-state index in [1.165, 1.54) is 0 Å². The Hall–Kier alpha value is -1.74. The largest absolute Gasteiger partial charge is 0.395 e. The molecule has 8 nitrogen and oxygen atoms in total. The second kappa shape index (κ2) is 5.71. The monoisotopic (exact) mass is 281 g/mol. The number of H-pyrrole nitrogens is 1. The molecule has 1 aromatic heterocycles. The Labute approximate surface area is 116 Å². The Balaban J connectivity index is 2.39. The van der Waals surface area contributed by atoms with Crippen molar-refractivity contribution in [3.05, 3.63) is 17.5 Å². The summed E-state index contributed by atoms with van der Waals surface area (Å²) in [7, 11) is 1.55. The molecule has 0 aromatic carbocycles. The minimum Gasteiger partial charge on any atom is -0.395 e. The second-order valence-corrected chi connectivity index (χ2v) is 4.65. The number of hydrogen-bond donors (Lipinski definition) is 6. The minimum absolute atomic E-state index is 0.269. The van der Waals surface area contributed by atoms with Gasteiger partial charge in [0.1, 0.15) is 17.6 Å². The average Bonchev–Trinajstić information content (AvgIpc) is 3.00. The Morgan fingerprint density at radius 3 is 2.65 bits per heavy atom. The van der Waals surface area contributed by atoms with E-state index in [4.69, 9.17) is 10.8 Å². The summed E-state index contributed by atoms with van der Waals surface area (Å²) < 4.78 is 0. The third-order valence-electron chi connectivity index (χ3n) is 3.57. The number of nitrogens with two attached hydrogens (primary N) is 1.